The number of anilines is 1. The molecule has 1 heterocycles. The first-order chi connectivity index (χ1) is 13.8. The van der Waals surface area contributed by atoms with E-state index in [9.17, 15) is 14.4 Å². The van der Waals surface area contributed by atoms with Crippen LogP contribution in [0.4, 0.5) is 10.5 Å². The molecule has 3 amide bonds. The van der Waals surface area contributed by atoms with E-state index in [4.69, 9.17) is 4.74 Å². The topological polar surface area (TPSA) is 75.7 Å². The molecule has 0 unspecified atom stereocenters. The Hall–Kier alpha value is -2.58. The summed E-state index contributed by atoms with van der Waals surface area (Å²) in [5.41, 5.74) is 3.39. The van der Waals surface area contributed by atoms with Gasteiger partial charge in [-0.15, -0.1) is 0 Å². The fraction of sp³-hybridized carbons (Fsp3) is 0.190. The van der Waals surface area contributed by atoms with Crippen molar-refractivity contribution in [2.24, 2.45) is 0 Å². The van der Waals surface area contributed by atoms with Gasteiger partial charge in [-0.05, 0) is 82.5 Å². The molecule has 8 heteroatoms. The summed E-state index contributed by atoms with van der Waals surface area (Å²) in [7, 11) is 1.56. The van der Waals surface area contributed by atoms with Crippen LogP contribution in [0.2, 0.25) is 0 Å². The normalized spacial score (nSPS) is 15.2. The van der Waals surface area contributed by atoms with Crippen molar-refractivity contribution in [2.45, 2.75) is 13.8 Å². The van der Waals surface area contributed by atoms with Gasteiger partial charge in [0.2, 0.25) is 5.91 Å². The number of nitrogens with one attached hydrogen (secondary N) is 1. The van der Waals surface area contributed by atoms with E-state index in [2.05, 4.69) is 21.2 Å². The number of carbonyl (C=O) groups is 3. The van der Waals surface area contributed by atoms with Gasteiger partial charge in [0.25, 0.3) is 11.1 Å². The lowest BCUT2D eigenvalue weighted by atomic mass is 10.1. The highest BCUT2D eigenvalue weighted by atomic mass is 79.9. The minimum atomic E-state index is -0.483. The standard InChI is InChI=1S/C21H19BrN2O4S/c1-12-5-4-6-16(13(12)2)23-19(25)11-24-20(26)18(29-21(24)27)10-14-7-8-17(28-3)15(22)9-14/h4-10H,11H2,1-3H3,(H,23,25)/b18-10+. The molecule has 0 saturated carbocycles. The number of halogens is 1. The van der Waals surface area contributed by atoms with Crippen LogP contribution in [0.25, 0.3) is 6.08 Å². The van der Waals surface area contributed by atoms with Crippen LogP contribution in [0.5, 0.6) is 5.75 Å². The van der Waals surface area contributed by atoms with Gasteiger partial charge in [-0.25, -0.2) is 0 Å². The van der Waals surface area contributed by atoms with Gasteiger partial charge < -0.3 is 10.1 Å². The molecule has 0 aliphatic carbocycles. The molecule has 0 aromatic heterocycles. The molecule has 2 aromatic carbocycles. The number of rotatable bonds is 5. The molecular weight excluding hydrogens is 456 g/mol. The highest BCUT2D eigenvalue weighted by Crippen LogP contribution is 2.33. The van der Waals surface area contributed by atoms with Crippen molar-refractivity contribution >= 4 is 56.5 Å². The maximum Gasteiger partial charge on any atom is 0.294 e. The van der Waals surface area contributed by atoms with Crippen LogP contribution in [0.1, 0.15) is 16.7 Å². The second kappa shape index (κ2) is 8.84. The summed E-state index contributed by atoms with van der Waals surface area (Å²) in [6.45, 7) is 3.52. The number of imide groups is 1. The SMILES string of the molecule is COc1ccc(/C=C2/SC(=O)N(CC(=O)Nc3cccc(C)c3C)C2=O)cc1Br. The molecule has 0 radical (unpaired) electrons. The van der Waals surface area contributed by atoms with Crippen molar-refractivity contribution in [3.63, 3.8) is 0 Å². The van der Waals surface area contributed by atoms with Gasteiger partial charge in [0.05, 0.1) is 16.5 Å². The quantitative estimate of drug-likeness (QED) is 0.632. The van der Waals surface area contributed by atoms with Crippen molar-refractivity contribution in [3.05, 3.63) is 62.5 Å². The first-order valence-corrected chi connectivity index (χ1v) is 10.4. The van der Waals surface area contributed by atoms with E-state index in [1.54, 1.807) is 37.5 Å². The van der Waals surface area contributed by atoms with Gasteiger partial charge >= 0.3 is 0 Å². The molecule has 150 valence electrons. The summed E-state index contributed by atoms with van der Waals surface area (Å²) < 4.78 is 5.92. The number of thioether (sulfide) groups is 1. The third kappa shape index (κ3) is 4.71. The number of ether oxygens (including phenoxy) is 1. The Labute approximate surface area is 181 Å². The van der Waals surface area contributed by atoms with Gasteiger partial charge in [-0.2, -0.15) is 0 Å². The second-order valence-corrected chi connectivity index (χ2v) is 8.31. The van der Waals surface area contributed by atoms with Crippen LogP contribution < -0.4 is 10.1 Å². The van der Waals surface area contributed by atoms with Crippen LogP contribution >= 0.6 is 27.7 Å². The Balaban J connectivity index is 1.72. The van der Waals surface area contributed by atoms with E-state index in [0.29, 0.717) is 11.4 Å². The summed E-state index contributed by atoms with van der Waals surface area (Å²) in [5, 5.41) is 2.30. The summed E-state index contributed by atoms with van der Waals surface area (Å²) in [4.78, 5) is 38.5. The van der Waals surface area contributed by atoms with Crippen LogP contribution in [-0.2, 0) is 9.59 Å². The number of hydrogen-bond acceptors (Lipinski definition) is 5. The van der Waals surface area contributed by atoms with Crippen molar-refractivity contribution in [3.8, 4) is 5.75 Å². The minimum Gasteiger partial charge on any atom is -0.496 e. The first-order valence-electron chi connectivity index (χ1n) is 8.75. The zero-order valence-corrected chi connectivity index (χ0v) is 18.5. The number of carbonyl (C=O) groups excluding carboxylic acids is 3. The maximum absolute atomic E-state index is 12.6. The van der Waals surface area contributed by atoms with E-state index in [0.717, 1.165) is 37.8 Å². The molecule has 0 spiro atoms. The molecule has 1 saturated heterocycles. The van der Waals surface area contributed by atoms with E-state index in [1.165, 1.54) is 0 Å². The lowest BCUT2D eigenvalue weighted by Gasteiger charge is -2.14. The predicted molar refractivity (Wildman–Crippen MR) is 118 cm³/mol. The molecule has 1 N–H and O–H groups in total. The summed E-state index contributed by atoms with van der Waals surface area (Å²) >= 11 is 4.21. The minimum absolute atomic E-state index is 0.270. The molecule has 29 heavy (non-hydrogen) atoms. The zero-order chi connectivity index (χ0) is 21.1. The molecule has 2 aromatic rings. The van der Waals surface area contributed by atoms with Crippen LogP contribution in [0.3, 0.4) is 0 Å². The first kappa shape index (κ1) is 21.1. The van der Waals surface area contributed by atoms with Gasteiger partial charge in [-0.1, -0.05) is 18.2 Å². The van der Waals surface area contributed by atoms with Crippen molar-refractivity contribution in [1.82, 2.24) is 4.90 Å². The van der Waals surface area contributed by atoms with Gasteiger partial charge in [0.1, 0.15) is 12.3 Å². The molecule has 6 nitrogen and oxygen atoms in total. The zero-order valence-electron chi connectivity index (χ0n) is 16.1. The highest BCUT2D eigenvalue weighted by molar-refractivity contribution is 9.10. The molecule has 1 aliphatic heterocycles. The van der Waals surface area contributed by atoms with Crippen molar-refractivity contribution in [2.75, 3.05) is 19.0 Å². The number of methoxy groups -OCH3 is 1. The third-order valence-electron chi connectivity index (χ3n) is 4.53. The Kier molecular flexibility index (Phi) is 6.44. The summed E-state index contributed by atoms with van der Waals surface area (Å²) in [5.74, 6) is -0.240. The molecule has 3 rings (SSSR count). The average Bonchev–Trinajstić information content (AvgIpc) is 2.93. The number of aryl methyl sites for hydroxylation is 1. The van der Waals surface area contributed by atoms with E-state index in [-0.39, 0.29) is 11.4 Å². The maximum atomic E-state index is 12.6. The smallest absolute Gasteiger partial charge is 0.294 e. The Bertz CT molecular complexity index is 1040. The number of amides is 3. The second-order valence-electron chi connectivity index (χ2n) is 6.46. The molecule has 0 atom stereocenters. The molecule has 0 bridgehead atoms. The number of nitrogens with zero attached hydrogens (tertiary/aromatic N) is 1. The molecule has 1 fully saturated rings. The van der Waals surface area contributed by atoms with Crippen molar-refractivity contribution in [1.29, 1.82) is 0 Å². The van der Waals surface area contributed by atoms with Gasteiger partial charge in [-0.3, -0.25) is 19.3 Å². The fourth-order valence-corrected chi connectivity index (χ4v) is 4.18. The van der Waals surface area contributed by atoms with Gasteiger partial charge in [0.15, 0.2) is 0 Å². The number of hydrogen-bond donors (Lipinski definition) is 1. The van der Waals surface area contributed by atoms with Crippen molar-refractivity contribution < 1.29 is 19.1 Å². The van der Waals surface area contributed by atoms with Crippen LogP contribution in [0.15, 0.2) is 45.8 Å². The summed E-state index contributed by atoms with van der Waals surface area (Å²) in [6, 6.07) is 10.9. The Morgan fingerprint density at radius 2 is 2.00 bits per heavy atom. The third-order valence-corrected chi connectivity index (χ3v) is 6.05. The lowest BCUT2D eigenvalue weighted by molar-refractivity contribution is -0.127. The highest BCUT2D eigenvalue weighted by Gasteiger charge is 2.36. The largest absolute Gasteiger partial charge is 0.496 e. The molecular formula is C21H19BrN2O4S. The van der Waals surface area contributed by atoms with Crippen LogP contribution in [-0.4, -0.2) is 35.6 Å². The Morgan fingerprint density at radius 3 is 2.69 bits per heavy atom. The molecule has 1 aliphatic rings. The Morgan fingerprint density at radius 1 is 1.24 bits per heavy atom. The van der Waals surface area contributed by atoms with E-state index < -0.39 is 17.1 Å². The number of benzene rings is 2. The van der Waals surface area contributed by atoms with Crippen LogP contribution in [0, 0.1) is 13.8 Å². The fourth-order valence-electron chi connectivity index (χ4n) is 2.78. The monoisotopic (exact) mass is 474 g/mol. The lowest BCUT2D eigenvalue weighted by Crippen LogP contribution is -2.36. The predicted octanol–water partition coefficient (Wildman–Crippen LogP) is 4.75. The van der Waals surface area contributed by atoms with E-state index in [1.807, 2.05) is 26.0 Å². The van der Waals surface area contributed by atoms with Gasteiger partial charge in [0, 0.05) is 5.69 Å². The summed E-state index contributed by atoms with van der Waals surface area (Å²) in [6.07, 6.45) is 1.62. The average molecular weight is 475 g/mol. The van der Waals surface area contributed by atoms with E-state index >= 15 is 0 Å².